The highest BCUT2D eigenvalue weighted by Gasteiger charge is 2.24. The fourth-order valence-corrected chi connectivity index (χ4v) is 2.93. The van der Waals surface area contributed by atoms with Gasteiger partial charge in [0.05, 0.1) is 0 Å². The molecule has 0 radical (unpaired) electrons. The van der Waals surface area contributed by atoms with E-state index in [0.29, 0.717) is 5.82 Å². The van der Waals surface area contributed by atoms with E-state index in [9.17, 15) is 10.1 Å². The Bertz CT molecular complexity index is 602. The first-order chi connectivity index (χ1) is 10.6. The summed E-state index contributed by atoms with van der Waals surface area (Å²) in [6.45, 7) is 0. The van der Waals surface area contributed by atoms with E-state index in [1.165, 1.54) is 12.6 Å². The van der Waals surface area contributed by atoms with Gasteiger partial charge in [0.25, 0.3) is 5.91 Å². The summed E-state index contributed by atoms with van der Waals surface area (Å²) in [4.78, 5) is 18.2. The van der Waals surface area contributed by atoms with Crippen LogP contribution in [0.2, 0.25) is 0 Å². The van der Waals surface area contributed by atoms with Crippen molar-refractivity contribution < 1.29 is 4.79 Å². The Morgan fingerprint density at radius 1 is 1.50 bits per heavy atom. The standard InChI is InChI=1S/C16H19BrN4O/c1-21(14-5-3-2-4-6-14)16(22)12(10-18)11-20-15-9-13(17)7-8-19-15/h7-9,11,14H,2-6H2,1H3,(H,19,20)/b12-11-. The molecule has 0 bridgehead atoms. The fraction of sp³-hybridized carbons (Fsp3) is 0.438. The highest BCUT2D eigenvalue weighted by molar-refractivity contribution is 9.10. The van der Waals surface area contributed by atoms with Gasteiger partial charge in [0.2, 0.25) is 0 Å². The number of carbonyl (C=O) groups excluding carboxylic acids is 1. The van der Waals surface area contributed by atoms with Crippen LogP contribution >= 0.6 is 15.9 Å². The van der Waals surface area contributed by atoms with E-state index in [1.54, 1.807) is 24.2 Å². The van der Waals surface area contributed by atoms with Crippen LogP contribution in [0.1, 0.15) is 32.1 Å². The topological polar surface area (TPSA) is 69.0 Å². The number of pyridine rings is 1. The Balaban J connectivity index is 2.04. The second kappa shape index (κ2) is 7.95. The number of nitriles is 1. The highest BCUT2D eigenvalue weighted by Crippen LogP contribution is 2.22. The number of rotatable bonds is 4. The third kappa shape index (κ3) is 4.31. The van der Waals surface area contributed by atoms with Gasteiger partial charge < -0.3 is 10.2 Å². The Kier molecular flexibility index (Phi) is 5.96. The zero-order valence-corrected chi connectivity index (χ0v) is 14.1. The summed E-state index contributed by atoms with van der Waals surface area (Å²) in [5, 5.41) is 12.1. The minimum Gasteiger partial charge on any atom is -0.345 e. The van der Waals surface area contributed by atoms with Gasteiger partial charge in [0.1, 0.15) is 17.5 Å². The molecular formula is C16H19BrN4O. The summed E-state index contributed by atoms with van der Waals surface area (Å²) in [5.74, 6) is 0.340. The Hall–Kier alpha value is -1.87. The fourth-order valence-electron chi connectivity index (χ4n) is 2.60. The first-order valence-electron chi connectivity index (χ1n) is 7.37. The van der Waals surface area contributed by atoms with Crippen molar-refractivity contribution in [1.82, 2.24) is 9.88 Å². The number of amides is 1. The molecule has 0 saturated heterocycles. The van der Waals surface area contributed by atoms with E-state index in [0.717, 1.165) is 30.2 Å². The Morgan fingerprint density at radius 2 is 2.23 bits per heavy atom. The molecule has 1 saturated carbocycles. The van der Waals surface area contributed by atoms with Crippen molar-refractivity contribution in [2.24, 2.45) is 0 Å². The number of anilines is 1. The molecule has 1 aliphatic rings. The molecule has 0 aromatic carbocycles. The van der Waals surface area contributed by atoms with Crippen LogP contribution in [-0.4, -0.2) is 28.9 Å². The molecule has 1 aromatic rings. The zero-order chi connectivity index (χ0) is 15.9. The van der Waals surface area contributed by atoms with Gasteiger partial charge in [0.15, 0.2) is 0 Å². The third-order valence-electron chi connectivity index (χ3n) is 3.88. The van der Waals surface area contributed by atoms with Crippen LogP contribution in [0.15, 0.2) is 34.6 Å². The van der Waals surface area contributed by atoms with Gasteiger partial charge in [-0.1, -0.05) is 35.2 Å². The van der Waals surface area contributed by atoms with E-state index in [4.69, 9.17) is 0 Å². The normalized spacial score (nSPS) is 16.0. The van der Waals surface area contributed by atoms with E-state index in [-0.39, 0.29) is 17.5 Å². The molecular weight excluding hydrogens is 344 g/mol. The average molecular weight is 363 g/mol. The van der Waals surface area contributed by atoms with Crippen LogP contribution in [0.3, 0.4) is 0 Å². The Morgan fingerprint density at radius 3 is 2.86 bits per heavy atom. The molecule has 1 heterocycles. The van der Waals surface area contributed by atoms with Gasteiger partial charge in [-0.05, 0) is 25.0 Å². The number of hydrogen-bond acceptors (Lipinski definition) is 4. The maximum absolute atomic E-state index is 12.4. The first-order valence-corrected chi connectivity index (χ1v) is 8.16. The number of aromatic nitrogens is 1. The van der Waals surface area contributed by atoms with Crippen molar-refractivity contribution in [3.05, 3.63) is 34.6 Å². The van der Waals surface area contributed by atoms with Crippen LogP contribution in [0.5, 0.6) is 0 Å². The SMILES string of the molecule is CN(C(=O)/C(C#N)=C\Nc1cc(Br)ccn1)C1CCCCC1. The molecule has 1 aromatic heterocycles. The molecule has 6 heteroatoms. The smallest absolute Gasteiger partial charge is 0.266 e. The minimum absolute atomic E-state index is 0.0925. The summed E-state index contributed by atoms with van der Waals surface area (Å²) in [5.41, 5.74) is 0.0925. The van der Waals surface area contributed by atoms with Crippen molar-refractivity contribution in [2.75, 3.05) is 12.4 Å². The van der Waals surface area contributed by atoms with Crippen molar-refractivity contribution in [3.8, 4) is 6.07 Å². The van der Waals surface area contributed by atoms with Crippen LogP contribution < -0.4 is 5.32 Å². The third-order valence-corrected chi connectivity index (χ3v) is 4.37. The van der Waals surface area contributed by atoms with Crippen molar-refractivity contribution in [3.63, 3.8) is 0 Å². The molecule has 0 unspecified atom stereocenters. The maximum Gasteiger partial charge on any atom is 0.266 e. The van der Waals surface area contributed by atoms with Gasteiger partial charge in [-0.3, -0.25) is 4.79 Å². The van der Waals surface area contributed by atoms with Crippen LogP contribution in [0.4, 0.5) is 5.82 Å². The molecule has 1 fully saturated rings. The van der Waals surface area contributed by atoms with Crippen molar-refractivity contribution in [2.45, 2.75) is 38.1 Å². The predicted octanol–water partition coefficient (Wildman–Crippen LogP) is 3.45. The molecule has 0 aliphatic heterocycles. The van der Waals surface area contributed by atoms with E-state index in [1.807, 2.05) is 12.1 Å². The average Bonchev–Trinajstić information content (AvgIpc) is 2.55. The molecule has 2 rings (SSSR count). The van der Waals surface area contributed by atoms with Gasteiger partial charge in [-0.2, -0.15) is 5.26 Å². The summed E-state index contributed by atoms with van der Waals surface area (Å²) >= 11 is 3.35. The van der Waals surface area contributed by atoms with E-state index < -0.39 is 0 Å². The van der Waals surface area contributed by atoms with Crippen LogP contribution in [0.25, 0.3) is 0 Å². The minimum atomic E-state index is -0.239. The van der Waals surface area contributed by atoms with Crippen LogP contribution in [0, 0.1) is 11.3 Å². The van der Waals surface area contributed by atoms with Gasteiger partial charge >= 0.3 is 0 Å². The number of nitrogens with one attached hydrogen (secondary N) is 1. The monoisotopic (exact) mass is 362 g/mol. The molecule has 116 valence electrons. The first kappa shape index (κ1) is 16.5. The lowest BCUT2D eigenvalue weighted by Crippen LogP contribution is -2.39. The second-order valence-corrected chi connectivity index (χ2v) is 6.30. The molecule has 22 heavy (non-hydrogen) atoms. The molecule has 5 nitrogen and oxygen atoms in total. The molecule has 1 aliphatic carbocycles. The highest BCUT2D eigenvalue weighted by atomic mass is 79.9. The quantitative estimate of drug-likeness (QED) is 0.657. The van der Waals surface area contributed by atoms with Gasteiger partial charge in [0, 0.05) is 30.0 Å². The lowest BCUT2D eigenvalue weighted by atomic mass is 9.94. The summed E-state index contributed by atoms with van der Waals surface area (Å²) in [6, 6.07) is 5.80. The number of nitrogens with zero attached hydrogens (tertiary/aromatic N) is 3. The van der Waals surface area contributed by atoms with E-state index in [2.05, 4.69) is 26.2 Å². The maximum atomic E-state index is 12.4. The van der Waals surface area contributed by atoms with Gasteiger partial charge in [-0.15, -0.1) is 0 Å². The molecule has 0 atom stereocenters. The summed E-state index contributed by atoms with van der Waals surface area (Å²) in [6.07, 6.45) is 8.62. The van der Waals surface area contributed by atoms with Crippen molar-refractivity contribution in [1.29, 1.82) is 5.26 Å². The van der Waals surface area contributed by atoms with Crippen molar-refractivity contribution >= 4 is 27.7 Å². The number of halogens is 1. The number of hydrogen-bond donors (Lipinski definition) is 1. The molecule has 0 spiro atoms. The van der Waals surface area contributed by atoms with E-state index >= 15 is 0 Å². The molecule has 1 N–H and O–H groups in total. The second-order valence-electron chi connectivity index (χ2n) is 5.38. The lowest BCUT2D eigenvalue weighted by molar-refractivity contribution is -0.128. The van der Waals surface area contributed by atoms with Crippen LogP contribution in [-0.2, 0) is 4.79 Å². The summed E-state index contributed by atoms with van der Waals surface area (Å²) in [7, 11) is 1.78. The zero-order valence-electron chi connectivity index (χ0n) is 12.6. The largest absolute Gasteiger partial charge is 0.345 e. The molecule has 1 amide bonds. The van der Waals surface area contributed by atoms with Gasteiger partial charge in [-0.25, -0.2) is 4.98 Å². The lowest BCUT2D eigenvalue weighted by Gasteiger charge is -2.31. The predicted molar refractivity (Wildman–Crippen MR) is 88.9 cm³/mol. The Labute approximate surface area is 139 Å². The number of carbonyl (C=O) groups is 1. The number of likely N-dealkylation sites (N-methyl/N-ethyl adjacent to an activating group) is 1. The summed E-state index contributed by atoms with van der Waals surface area (Å²) < 4.78 is 0.877.